The molecule has 1 aliphatic heterocycles. The Balaban J connectivity index is 1.93. The van der Waals surface area contributed by atoms with Gasteiger partial charge in [0.1, 0.15) is 5.82 Å². The van der Waals surface area contributed by atoms with E-state index in [9.17, 15) is 0 Å². The fraction of sp³-hybridized carbons (Fsp3) is 0.357. The summed E-state index contributed by atoms with van der Waals surface area (Å²) in [6.45, 7) is 5.10. The van der Waals surface area contributed by atoms with Crippen LogP contribution >= 0.6 is 15.9 Å². The van der Waals surface area contributed by atoms with Gasteiger partial charge in [-0.15, -0.1) is 0 Å². The van der Waals surface area contributed by atoms with Crippen molar-refractivity contribution in [3.8, 4) is 0 Å². The summed E-state index contributed by atoms with van der Waals surface area (Å²) in [5.41, 5.74) is 3.99. The average molecular weight is 306 g/mol. The Kier molecular flexibility index (Phi) is 3.12. The third-order valence-corrected chi connectivity index (χ3v) is 4.07. The molecule has 0 saturated carbocycles. The van der Waals surface area contributed by atoms with E-state index in [1.807, 2.05) is 6.20 Å². The fourth-order valence-electron chi connectivity index (χ4n) is 2.51. The SMILES string of the molecule is Cc1ccc(N2CCn3ccnc3C2)c(CBr)c1. The molecule has 2 heterocycles. The molecule has 0 spiro atoms. The van der Waals surface area contributed by atoms with Crippen LogP contribution in [0.5, 0.6) is 0 Å². The van der Waals surface area contributed by atoms with E-state index < -0.39 is 0 Å². The summed E-state index contributed by atoms with van der Waals surface area (Å²) in [5, 5.41) is 0.898. The molecule has 1 aromatic carbocycles. The van der Waals surface area contributed by atoms with Gasteiger partial charge in [-0.25, -0.2) is 4.98 Å². The number of hydrogen-bond donors (Lipinski definition) is 0. The number of aromatic nitrogens is 2. The van der Waals surface area contributed by atoms with Gasteiger partial charge in [-0.3, -0.25) is 0 Å². The van der Waals surface area contributed by atoms with Crippen molar-refractivity contribution in [3.63, 3.8) is 0 Å². The van der Waals surface area contributed by atoms with Gasteiger partial charge in [0.2, 0.25) is 0 Å². The van der Waals surface area contributed by atoms with E-state index in [1.165, 1.54) is 16.8 Å². The molecule has 3 rings (SSSR count). The van der Waals surface area contributed by atoms with Crippen molar-refractivity contribution >= 4 is 21.6 Å². The summed E-state index contributed by atoms with van der Waals surface area (Å²) >= 11 is 3.59. The number of fused-ring (bicyclic) bond motifs is 1. The lowest BCUT2D eigenvalue weighted by Gasteiger charge is -2.31. The molecule has 0 aliphatic carbocycles. The summed E-state index contributed by atoms with van der Waals surface area (Å²) in [6, 6.07) is 6.66. The van der Waals surface area contributed by atoms with Gasteiger partial charge in [-0.1, -0.05) is 33.6 Å². The zero-order valence-electron chi connectivity index (χ0n) is 10.4. The summed E-state index contributed by atoms with van der Waals surface area (Å²) in [4.78, 5) is 6.83. The molecule has 0 unspecified atom stereocenters. The minimum Gasteiger partial charge on any atom is -0.362 e. The first-order chi connectivity index (χ1) is 8.78. The van der Waals surface area contributed by atoms with Crippen LogP contribution in [-0.4, -0.2) is 16.1 Å². The molecule has 0 radical (unpaired) electrons. The Morgan fingerprint density at radius 2 is 2.22 bits per heavy atom. The first-order valence-electron chi connectivity index (χ1n) is 6.18. The van der Waals surface area contributed by atoms with Gasteiger partial charge in [0.25, 0.3) is 0 Å². The van der Waals surface area contributed by atoms with Crippen LogP contribution < -0.4 is 4.90 Å². The number of alkyl halides is 1. The molecule has 1 aromatic heterocycles. The lowest BCUT2D eigenvalue weighted by molar-refractivity contribution is 0.559. The van der Waals surface area contributed by atoms with Crippen molar-refractivity contribution in [2.24, 2.45) is 0 Å². The lowest BCUT2D eigenvalue weighted by Crippen LogP contribution is -2.34. The van der Waals surface area contributed by atoms with Crippen LogP contribution in [-0.2, 0) is 18.4 Å². The average Bonchev–Trinajstić information content (AvgIpc) is 2.85. The van der Waals surface area contributed by atoms with E-state index in [0.717, 1.165) is 30.8 Å². The third-order valence-electron chi connectivity index (χ3n) is 3.46. The third kappa shape index (κ3) is 2.05. The van der Waals surface area contributed by atoms with Crippen LogP contribution in [0.15, 0.2) is 30.6 Å². The van der Waals surface area contributed by atoms with E-state index in [-0.39, 0.29) is 0 Å². The van der Waals surface area contributed by atoms with Crippen LogP contribution in [0.2, 0.25) is 0 Å². The molecule has 1 aliphatic rings. The van der Waals surface area contributed by atoms with Crippen LogP contribution in [0.25, 0.3) is 0 Å². The largest absolute Gasteiger partial charge is 0.362 e. The maximum absolute atomic E-state index is 4.42. The highest BCUT2D eigenvalue weighted by Crippen LogP contribution is 2.27. The molecule has 2 aromatic rings. The summed E-state index contributed by atoms with van der Waals surface area (Å²) < 4.78 is 2.23. The number of halogens is 1. The maximum atomic E-state index is 4.42. The summed E-state index contributed by atoms with van der Waals surface area (Å²) in [5.74, 6) is 1.15. The van der Waals surface area contributed by atoms with E-state index >= 15 is 0 Å². The van der Waals surface area contributed by atoms with Gasteiger partial charge in [0, 0.05) is 36.5 Å². The fourth-order valence-corrected chi connectivity index (χ4v) is 2.96. The van der Waals surface area contributed by atoms with Crippen LogP contribution in [0.3, 0.4) is 0 Å². The van der Waals surface area contributed by atoms with E-state index in [0.29, 0.717) is 0 Å². The molecular formula is C14H16BrN3. The molecule has 0 saturated heterocycles. The number of benzene rings is 1. The normalized spacial score (nSPS) is 14.7. The highest BCUT2D eigenvalue weighted by Gasteiger charge is 2.18. The number of rotatable bonds is 2. The molecule has 0 fully saturated rings. The quantitative estimate of drug-likeness (QED) is 0.795. The predicted molar refractivity (Wildman–Crippen MR) is 77.1 cm³/mol. The van der Waals surface area contributed by atoms with Gasteiger partial charge in [-0.2, -0.15) is 0 Å². The molecule has 18 heavy (non-hydrogen) atoms. The zero-order chi connectivity index (χ0) is 12.5. The van der Waals surface area contributed by atoms with E-state index in [2.05, 4.69) is 61.7 Å². The first-order valence-corrected chi connectivity index (χ1v) is 7.30. The lowest BCUT2D eigenvalue weighted by atomic mass is 10.1. The number of imidazole rings is 1. The highest BCUT2D eigenvalue weighted by molar-refractivity contribution is 9.08. The van der Waals surface area contributed by atoms with E-state index in [1.54, 1.807) is 0 Å². The molecule has 0 N–H and O–H groups in total. The number of aryl methyl sites for hydroxylation is 1. The summed E-state index contributed by atoms with van der Waals surface area (Å²) in [7, 11) is 0. The Morgan fingerprint density at radius 1 is 1.33 bits per heavy atom. The van der Waals surface area contributed by atoms with Crippen molar-refractivity contribution in [2.75, 3.05) is 11.4 Å². The van der Waals surface area contributed by atoms with Gasteiger partial charge >= 0.3 is 0 Å². The Labute approximate surface area is 116 Å². The van der Waals surface area contributed by atoms with Crippen LogP contribution in [0, 0.1) is 6.92 Å². The smallest absolute Gasteiger partial charge is 0.128 e. The maximum Gasteiger partial charge on any atom is 0.128 e. The first kappa shape index (κ1) is 11.8. The standard InChI is InChI=1S/C14H16BrN3/c1-11-2-3-13(12(8-11)9-15)18-7-6-17-5-4-16-14(17)10-18/h2-5,8H,6-7,9-10H2,1H3. The molecular weight excluding hydrogens is 290 g/mol. The molecule has 0 atom stereocenters. The minimum atomic E-state index is 0.898. The second kappa shape index (κ2) is 4.76. The van der Waals surface area contributed by atoms with Crippen molar-refractivity contribution in [1.82, 2.24) is 9.55 Å². The van der Waals surface area contributed by atoms with Crippen molar-refractivity contribution in [3.05, 3.63) is 47.5 Å². The Hall–Kier alpha value is -1.29. The van der Waals surface area contributed by atoms with Gasteiger partial charge in [0.15, 0.2) is 0 Å². The topological polar surface area (TPSA) is 21.1 Å². The van der Waals surface area contributed by atoms with Crippen molar-refractivity contribution in [1.29, 1.82) is 0 Å². The Bertz CT molecular complexity index is 562. The Morgan fingerprint density at radius 3 is 3.06 bits per heavy atom. The molecule has 3 nitrogen and oxygen atoms in total. The second-order valence-electron chi connectivity index (χ2n) is 4.72. The van der Waals surface area contributed by atoms with Gasteiger partial charge in [-0.05, 0) is 18.6 Å². The van der Waals surface area contributed by atoms with Gasteiger partial charge < -0.3 is 9.47 Å². The molecule has 94 valence electrons. The summed E-state index contributed by atoms with van der Waals surface area (Å²) in [6.07, 6.45) is 3.95. The van der Waals surface area contributed by atoms with Crippen molar-refractivity contribution < 1.29 is 0 Å². The number of nitrogens with zero attached hydrogens (tertiary/aromatic N) is 3. The molecule has 0 amide bonds. The minimum absolute atomic E-state index is 0.898. The van der Waals surface area contributed by atoms with Gasteiger partial charge in [0.05, 0.1) is 6.54 Å². The predicted octanol–water partition coefficient (Wildman–Crippen LogP) is 3.11. The number of hydrogen-bond acceptors (Lipinski definition) is 2. The van der Waals surface area contributed by atoms with Crippen LogP contribution in [0.1, 0.15) is 17.0 Å². The van der Waals surface area contributed by atoms with Crippen LogP contribution in [0.4, 0.5) is 5.69 Å². The number of anilines is 1. The molecule has 0 bridgehead atoms. The second-order valence-corrected chi connectivity index (χ2v) is 5.28. The van der Waals surface area contributed by atoms with E-state index in [4.69, 9.17) is 0 Å². The van der Waals surface area contributed by atoms with Crippen molar-refractivity contribution in [2.45, 2.75) is 25.3 Å². The molecule has 4 heteroatoms. The monoisotopic (exact) mass is 305 g/mol. The zero-order valence-corrected chi connectivity index (χ0v) is 12.0. The highest BCUT2D eigenvalue weighted by atomic mass is 79.9.